The van der Waals surface area contributed by atoms with Crippen LogP contribution in [0.15, 0.2) is 54.6 Å². The molecule has 0 aliphatic carbocycles. The van der Waals surface area contributed by atoms with Crippen molar-refractivity contribution in [3.05, 3.63) is 71.4 Å². The predicted octanol–water partition coefficient (Wildman–Crippen LogP) is 4.19. The smallest absolute Gasteiger partial charge is 0.409 e. The number of nitrogens with one attached hydrogen (secondary N) is 1. The summed E-state index contributed by atoms with van der Waals surface area (Å²) < 4.78 is 21.7. The number of piperazine rings is 1. The Labute approximate surface area is 285 Å². The Kier molecular flexibility index (Phi) is 12.5. The van der Waals surface area contributed by atoms with Crippen molar-refractivity contribution in [2.24, 2.45) is 0 Å². The maximum Gasteiger partial charge on any atom is 0.409 e. The first-order valence-corrected chi connectivity index (χ1v) is 16.3. The number of esters is 2. The molecule has 0 saturated carbocycles. The summed E-state index contributed by atoms with van der Waals surface area (Å²) in [5.74, 6) is -1.95. The lowest BCUT2D eigenvalue weighted by Crippen LogP contribution is -2.56. The third-order valence-electron chi connectivity index (χ3n) is 7.53. The summed E-state index contributed by atoms with van der Waals surface area (Å²) in [7, 11) is 0. The summed E-state index contributed by atoms with van der Waals surface area (Å²) in [6.45, 7) is 9.72. The molecule has 4 rings (SSSR count). The van der Waals surface area contributed by atoms with Crippen LogP contribution in [-0.2, 0) is 35.2 Å². The van der Waals surface area contributed by atoms with Crippen molar-refractivity contribution in [1.29, 1.82) is 0 Å². The van der Waals surface area contributed by atoms with E-state index in [0.717, 1.165) is 11.1 Å². The Morgan fingerprint density at radius 1 is 0.898 bits per heavy atom. The van der Waals surface area contributed by atoms with Gasteiger partial charge in [0.2, 0.25) is 5.91 Å². The first-order chi connectivity index (χ1) is 23.3. The number of pyridine rings is 1. The number of aromatic nitrogens is 1. The lowest BCUT2D eigenvalue weighted by Gasteiger charge is -2.36. The molecule has 0 spiro atoms. The zero-order valence-corrected chi connectivity index (χ0v) is 28.7. The van der Waals surface area contributed by atoms with E-state index in [1.54, 1.807) is 44.7 Å². The Bertz CT molecular complexity index is 1650. The molecular formula is C36H44N4O9. The summed E-state index contributed by atoms with van der Waals surface area (Å²) >= 11 is 0. The normalized spacial score (nSPS) is 13.7. The molecular weight excluding hydrogens is 632 g/mol. The fourth-order valence-corrected chi connectivity index (χ4v) is 5.15. The highest BCUT2D eigenvalue weighted by atomic mass is 16.6. The maximum atomic E-state index is 13.8. The van der Waals surface area contributed by atoms with Crippen LogP contribution in [-0.4, -0.2) is 95.7 Å². The third kappa shape index (κ3) is 10.9. The number of carbonyl (C=O) groups is 5. The number of nitrogens with zero attached hydrogens (tertiary/aromatic N) is 3. The van der Waals surface area contributed by atoms with E-state index in [-0.39, 0.29) is 63.7 Å². The highest BCUT2D eigenvalue weighted by molar-refractivity contribution is 5.99. The number of fused-ring (bicyclic) bond motifs is 1. The van der Waals surface area contributed by atoms with E-state index in [0.29, 0.717) is 10.9 Å². The third-order valence-corrected chi connectivity index (χ3v) is 7.53. The molecule has 1 aliphatic rings. The topological polar surface area (TPSA) is 154 Å². The van der Waals surface area contributed by atoms with E-state index < -0.39 is 48.1 Å². The second-order valence-electron chi connectivity index (χ2n) is 12.6. The quantitative estimate of drug-likeness (QED) is 0.218. The molecule has 1 aliphatic heterocycles. The van der Waals surface area contributed by atoms with Crippen LogP contribution < -0.4 is 10.1 Å². The summed E-state index contributed by atoms with van der Waals surface area (Å²) in [5.41, 5.74) is 1.40. The van der Waals surface area contributed by atoms with E-state index in [1.807, 2.05) is 43.3 Å². The van der Waals surface area contributed by atoms with Crippen molar-refractivity contribution in [3.8, 4) is 5.75 Å². The zero-order valence-electron chi connectivity index (χ0n) is 28.7. The first-order valence-electron chi connectivity index (χ1n) is 16.3. The summed E-state index contributed by atoms with van der Waals surface area (Å²) in [6, 6.07) is 15.0. The van der Waals surface area contributed by atoms with Gasteiger partial charge >= 0.3 is 18.0 Å². The van der Waals surface area contributed by atoms with Crippen molar-refractivity contribution < 1.29 is 42.9 Å². The minimum Gasteiger partial charge on any atom is -0.481 e. The van der Waals surface area contributed by atoms with E-state index in [2.05, 4.69) is 10.3 Å². The van der Waals surface area contributed by atoms with Crippen LogP contribution in [0.2, 0.25) is 0 Å². The van der Waals surface area contributed by atoms with Gasteiger partial charge in [-0.05, 0) is 64.3 Å². The number of carbonyl (C=O) groups excluding carboxylic acids is 5. The molecule has 3 aromatic rings. The monoisotopic (exact) mass is 676 g/mol. The SMILES string of the molecule is CCOC(=O)N1CCN(C(=O)[C@H](CCC(=O)OC(C)(C)C)NC(=O)c2cc(OCC(=O)OCc3ccccc3)c3ccc(C)cc3n2)CC1. The zero-order chi connectivity index (χ0) is 35.6. The van der Waals surface area contributed by atoms with E-state index in [4.69, 9.17) is 18.9 Å². The maximum absolute atomic E-state index is 13.8. The van der Waals surface area contributed by atoms with Crippen molar-refractivity contribution in [1.82, 2.24) is 20.1 Å². The molecule has 0 radical (unpaired) electrons. The molecule has 0 unspecified atom stereocenters. The minimum absolute atomic E-state index is 0.0269. The molecule has 1 N–H and O–H groups in total. The van der Waals surface area contributed by atoms with Gasteiger partial charge in [-0.25, -0.2) is 14.6 Å². The van der Waals surface area contributed by atoms with Crippen molar-refractivity contribution >= 4 is 40.7 Å². The van der Waals surface area contributed by atoms with E-state index in [1.165, 1.54) is 11.0 Å². The molecule has 2 heterocycles. The average molecular weight is 677 g/mol. The van der Waals surface area contributed by atoms with Gasteiger partial charge in [-0.15, -0.1) is 0 Å². The summed E-state index contributed by atoms with van der Waals surface area (Å²) in [6.07, 6.45) is -0.606. The largest absolute Gasteiger partial charge is 0.481 e. The van der Waals surface area contributed by atoms with Crippen LogP contribution in [0.3, 0.4) is 0 Å². The van der Waals surface area contributed by atoms with E-state index >= 15 is 0 Å². The highest BCUT2D eigenvalue weighted by Crippen LogP contribution is 2.27. The van der Waals surface area contributed by atoms with Crippen molar-refractivity contribution in [2.45, 2.75) is 65.7 Å². The number of aryl methyl sites for hydroxylation is 1. The molecule has 13 nitrogen and oxygen atoms in total. The summed E-state index contributed by atoms with van der Waals surface area (Å²) in [5, 5.41) is 3.34. The van der Waals surface area contributed by atoms with Gasteiger partial charge in [0.25, 0.3) is 5.91 Å². The molecule has 1 atom stereocenters. The predicted molar refractivity (Wildman–Crippen MR) is 180 cm³/mol. The number of benzene rings is 2. The second kappa shape index (κ2) is 16.8. The summed E-state index contributed by atoms with van der Waals surface area (Å²) in [4.78, 5) is 72.4. The van der Waals surface area contributed by atoms with Crippen LogP contribution in [0.1, 0.15) is 62.2 Å². The number of amides is 3. The van der Waals surface area contributed by atoms with Crippen LogP contribution in [0.4, 0.5) is 4.79 Å². The van der Waals surface area contributed by atoms with Gasteiger partial charge in [-0.1, -0.05) is 36.4 Å². The fourth-order valence-electron chi connectivity index (χ4n) is 5.15. The molecule has 0 bridgehead atoms. The van der Waals surface area contributed by atoms with Gasteiger partial charge in [0, 0.05) is 44.1 Å². The highest BCUT2D eigenvalue weighted by Gasteiger charge is 2.32. The van der Waals surface area contributed by atoms with Crippen LogP contribution in [0.5, 0.6) is 5.75 Å². The fraction of sp³-hybridized carbons (Fsp3) is 0.444. The standard InChI is InChI=1S/C36H44N4O9/c1-6-46-35(45)40-18-16-39(17-19-40)34(44)27(14-15-31(41)49-36(3,4)5)38-33(43)29-21-30(26-13-12-24(2)20-28(26)37-29)47-23-32(42)48-22-25-10-8-7-9-11-25/h7-13,20-21,27H,6,14-19,22-23H2,1-5H3,(H,38,43)/t27-/m0/s1. The Balaban J connectivity index is 1.51. The average Bonchev–Trinajstić information content (AvgIpc) is 3.07. The molecule has 1 saturated heterocycles. The van der Waals surface area contributed by atoms with Gasteiger partial charge in [-0.2, -0.15) is 0 Å². The molecule has 2 aromatic carbocycles. The minimum atomic E-state index is -1.10. The van der Waals surface area contributed by atoms with Crippen molar-refractivity contribution in [3.63, 3.8) is 0 Å². The molecule has 3 amide bonds. The van der Waals surface area contributed by atoms with Crippen LogP contribution in [0, 0.1) is 6.92 Å². The number of hydrogen-bond acceptors (Lipinski definition) is 10. The van der Waals surface area contributed by atoms with Gasteiger partial charge in [0.05, 0.1) is 12.1 Å². The van der Waals surface area contributed by atoms with Crippen LogP contribution in [0.25, 0.3) is 10.9 Å². The Morgan fingerprint density at radius 2 is 1.59 bits per heavy atom. The molecule has 1 aromatic heterocycles. The van der Waals surface area contributed by atoms with E-state index in [9.17, 15) is 24.0 Å². The van der Waals surface area contributed by atoms with Crippen LogP contribution >= 0.6 is 0 Å². The van der Waals surface area contributed by atoms with Crippen molar-refractivity contribution in [2.75, 3.05) is 39.4 Å². The molecule has 1 fully saturated rings. The second-order valence-corrected chi connectivity index (χ2v) is 12.6. The number of hydrogen-bond donors (Lipinski definition) is 1. The van der Waals surface area contributed by atoms with Gasteiger partial charge in [-0.3, -0.25) is 14.4 Å². The lowest BCUT2D eigenvalue weighted by atomic mass is 10.1. The number of ether oxygens (including phenoxy) is 4. The number of rotatable bonds is 12. The van der Waals surface area contributed by atoms with Gasteiger partial charge in [0.15, 0.2) is 6.61 Å². The Morgan fingerprint density at radius 3 is 2.27 bits per heavy atom. The lowest BCUT2D eigenvalue weighted by molar-refractivity contribution is -0.155. The molecule has 49 heavy (non-hydrogen) atoms. The molecule has 262 valence electrons. The van der Waals surface area contributed by atoms with Gasteiger partial charge in [0.1, 0.15) is 29.7 Å². The van der Waals surface area contributed by atoms with Gasteiger partial charge < -0.3 is 34.1 Å². The molecule has 13 heteroatoms. The first kappa shape index (κ1) is 36.6. The Hall–Kier alpha value is -5.20.